The van der Waals surface area contributed by atoms with Crippen molar-refractivity contribution in [2.45, 2.75) is 25.3 Å². The molecular formula is C15H17N3O2. The fourth-order valence-electron chi connectivity index (χ4n) is 2.61. The fourth-order valence-corrected chi connectivity index (χ4v) is 2.61. The van der Waals surface area contributed by atoms with Crippen LogP contribution in [0.15, 0.2) is 30.3 Å². The quantitative estimate of drug-likeness (QED) is 0.670. The van der Waals surface area contributed by atoms with E-state index in [1.807, 2.05) is 19.2 Å². The molecule has 2 aromatic rings. The van der Waals surface area contributed by atoms with Crippen molar-refractivity contribution >= 4 is 16.6 Å². The number of hydrogen-bond acceptors (Lipinski definition) is 4. The van der Waals surface area contributed by atoms with E-state index >= 15 is 0 Å². The van der Waals surface area contributed by atoms with Gasteiger partial charge in [-0.3, -0.25) is 15.1 Å². The van der Waals surface area contributed by atoms with Gasteiger partial charge in [0.25, 0.3) is 5.69 Å². The Morgan fingerprint density at radius 3 is 2.85 bits per heavy atom. The SMILES string of the molecule is CNC(Cc1ccc2cc([N+](=O)[O-])ccc2n1)C1CC1. The number of nitrogens with zero attached hydrogens (tertiary/aromatic N) is 2. The molecule has 5 heteroatoms. The Hall–Kier alpha value is -2.01. The molecular weight excluding hydrogens is 254 g/mol. The van der Waals surface area contributed by atoms with E-state index in [9.17, 15) is 10.1 Å². The number of pyridine rings is 1. The van der Waals surface area contributed by atoms with E-state index in [1.165, 1.54) is 18.9 Å². The van der Waals surface area contributed by atoms with Crippen molar-refractivity contribution in [1.82, 2.24) is 10.3 Å². The summed E-state index contributed by atoms with van der Waals surface area (Å²) in [7, 11) is 1.99. The zero-order chi connectivity index (χ0) is 14.1. The van der Waals surface area contributed by atoms with Gasteiger partial charge >= 0.3 is 0 Å². The Balaban J connectivity index is 1.86. The van der Waals surface area contributed by atoms with Gasteiger partial charge in [0.05, 0.1) is 10.4 Å². The van der Waals surface area contributed by atoms with Crippen LogP contribution in [-0.4, -0.2) is 23.0 Å². The highest BCUT2D eigenvalue weighted by Crippen LogP contribution is 2.33. The number of nitrogens with one attached hydrogen (secondary N) is 1. The lowest BCUT2D eigenvalue weighted by Crippen LogP contribution is -2.29. The molecule has 1 aliphatic rings. The van der Waals surface area contributed by atoms with Crippen LogP contribution in [0.25, 0.3) is 10.9 Å². The summed E-state index contributed by atoms with van der Waals surface area (Å²) in [5.41, 5.74) is 1.97. The number of rotatable bonds is 5. The summed E-state index contributed by atoms with van der Waals surface area (Å²) >= 11 is 0. The molecule has 1 atom stereocenters. The number of nitro groups is 1. The van der Waals surface area contributed by atoms with Gasteiger partial charge in [-0.2, -0.15) is 0 Å². The maximum atomic E-state index is 10.8. The number of likely N-dealkylation sites (N-methyl/N-ethyl adjacent to an activating group) is 1. The molecule has 0 aliphatic heterocycles. The number of benzene rings is 1. The summed E-state index contributed by atoms with van der Waals surface area (Å²) in [6, 6.07) is 9.18. The van der Waals surface area contributed by atoms with E-state index < -0.39 is 0 Å². The lowest BCUT2D eigenvalue weighted by molar-refractivity contribution is -0.384. The molecule has 1 aromatic heterocycles. The summed E-state index contributed by atoms with van der Waals surface area (Å²) in [6.07, 6.45) is 3.50. The van der Waals surface area contributed by atoms with Crippen molar-refractivity contribution in [2.24, 2.45) is 5.92 Å². The van der Waals surface area contributed by atoms with Crippen molar-refractivity contribution in [3.8, 4) is 0 Å². The second-order valence-electron chi connectivity index (χ2n) is 5.37. The second kappa shape index (κ2) is 5.17. The highest BCUT2D eigenvalue weighted by atomic mass is 16.6. The van der Waals surface area contributed by atoms with Crippen LogP contribution in [0.5, 0.6) is 0 Å². The number of fused-ring (bicyclic) bond motifs is 1. The Kier molecular flexibility index (Phi) is 3.36. The standard InChI is InChI=1S/C15H17N3O2/c1-16-15(10-2-3-10)9-12-5-4-11-8-13(18(19)20)6-7-14(11)17-12/h4-8,10,15-16H,2-3,9H2,1H3. The van der Waals surface area contributed by atoms with Crippen molar-refractivity contribution in [2.75, 3.05) is 7.05 Å². The first-order valence-corrected chi connectivity index (χ1v) is 6.88. The van der Waals surface area contributed by atoms with Gasteiger partial charge in [0, 0.05) is 35.7 Å². The minimum atomic E-state index is -0.378. The largest absolute Gasteiger partial charge is 0.316 e. The Labute approximate surface area is 117 Å². The maximum absolute atomic E-state index is 10.8. The van der Waals surface area contributed by atoms with Gasteiger partial charge in [0.15, 0.2) is 0 Å². The number of non-ortho nitro benzene ring substituents is 1. The molecule has 0 radical (unpaired) electrons. The van der Waals surface area contributed by atoms with Gasteiger partial charge in [-0.1, -0.05) is 6.07 Å². The summed E-state index contributed by atoms with van der Waals surface area (Å²) in [5, 5.41) is 14.9. The summed E-state index contributed by atoms with van der Waals surface area (Å²) in [4.78, 5) is 15.0. The molecule has 1 N–H and O–H groups in total. The molecule has 1 aromatic carbocycles. The average molecular weight is 271 g/mol. The molecule has 0 spiro atoms. The third kappa shape index (κ3) is 2.63. The van der Waals surface area contributed by atoms with Gasteiger partial charge in [0.2, 0.25) is 0 Å². The molecule has 1 fully saturated rings. The summed E-state index contributed by atoms with van der Waals surface area (Å²) in [6.45, 7) is 0. The minimum absolute atomic E-state index is 0.109. The van der Waals surface area contributed by atoms with Crippen molar-refractivity contribution in [1.29, 1.82) is 0 Å². The van der Waals surface area contributed by atoms with Crippen molar-refractivity contribution in [3.05, 3.63) is 46.1 Å². The first-order valence-electron chi connectivity index (χ1n) is 6.88. The smallest absolute Gasteiger partial charge is 0.270 e. The van der Waals surface area contributed by atoms with Crippen LogP contribution in [0, 0.1) is 16.0 Å². The molecule has 1 saturated carbocycles. The van der Waals surface area contributed by atoms with Crippen molar-refractivity contribution < 1.29 is 4.92 Å². The Morgan fingerprint density at radius 2 is 2.20 bits per heavy atom. The summed E-state index contributed by atoms with van der Waals surface area (Å²) < 4.78 is 0. The normalized spacial score (nSPS) is 16.2. The van der Waals surface area contributed by atoms with Crippen LogP contribution in [-0.2, 0) is 6.42 Å². The zero-order valence-electron chi connectivity index (χ0n) is 11.4. The van der Waals surface area contributed by atoms with Gasteiger partial charge in [-0.05, 0) is 37.9 Å². The summed E-state index contributed by atoms with van der Waals surface area (Å²) in [5.74, 6) is 0.773. The molecule has 0 amide bonds. The molecule has 1 aliphatic carbocycles. The average Bonchev–Trinajstić information content (AvgIpc) is 3.28. The number of aromatic nitrogens is 1. The Morgan fingerprint density at radius 1 is 1.40 bits per heavy atom. The lowest BCUT2D eigenvalue weighted by atomic mass is 10.1. The third-order valence-corrected chi connectivity index (χ3v) is 3.93. The van der Waals surface area contributed by atoms with Crippen LogP contribution in [0.1, 0.15) is 18.5 Å². The monoisotopic (exact) mass is 271 g/mol. The first-order chi connectivity index (χ1) is 9.67. The molecule has 1 heterocycles. The second-order valence-corrected chi connectivity index (χ2v) is 5.37. The van der Waals surface area contributed by atoms with E-state index in [1.54, 1.807) is 12.1 Å². The predicted molar refractivity (Wildman–Crippen MR) is 77.7 cm³/mol. The van der Waals surface area contributed by atoms with Gasteiger partial charge in [-0.15, -0.1) is 0 Å². The van der Waals surface area contributed by atoms with Crippen LogP contribution in [0.4, 0.5) is 5.69 Å². The number of nitro benzene ring substituents is 1. The number of hydrogen-bond donors (Lipinski definition) is 1. The zero-order valence-corrected chi connectivity index (χ0v) is 11.4. The molecule has 104 valence electrons. The van der Waals surface area contributed by atoms with Gasteiger partial charge < -0.3 is 5.32 Å². The van der Waals surface area contributed by atoms with E-state index in [0.717, 1.165) is 28.9 Å². The first kappa shape index (κ1) is 13.0. The maximum Gasteiger partial charge on any atom is 0.270 e. The topological polar surface area (TPSA) is 68.1 Å². The Bertz CT molecular complexity index is 653. The highest BCUT2D eigenvalue weighted by Gasteiger charge is 2.30. The van der Waals surface area contributed by atoms with E-state index in [4.69, 9.17) is 0 Å². The molecule has 0 bridgehead atoms. The third-order valence-electron chi connectivity index (χ3n) is 3.93. The lowest BCUT2D eigenvalue weighted by Gasteiger charge is -2.14. The van der Waals surface area contributed by atoms with E-state index in [-0.39, 0.29) is 10.6 Å². The van der Waals surface area contributed by atoms with Crippen molar-refractivity contribution in [3.63, 3.8) is 0 Å². The van der Waals surface area contributed by atoms with Crippen LogP contribution >= 0.6 is 0 Å². The highest BCUT2D eigenvalue weighted by molar-refractivity contribution is 5.81. The van der Waals surface area contributed by atoms with Gasteiger partial charge in [-0.25, -0.2) is 0 Å². The van der Waals surface area contributed by atoms with Gasteiger partial charge in [0.1, 0.15) is 0 Å². The molecule has 1 unspecified atom stereocenters. The molecule has 20 heavy (non-hydrogen) atoms. The van der Waals surface area contributed by atoms with E-state index in [0.29, 0.717) is 6.04 Å². The molecule has 0 saturated heterocycles. The van der Waals surface area contributed by atoms with Crippen LogP contribution in [0.3, 0.4) is 0 Å². The predicted octanol–water partition coefficient (Wildman–Crippen LogP) is 2.68. The fraction of sp³-hybridized carbons (Fsp3) is 0.400. The van der Waals surface area contributed by atoms with Crippen LogP contribution in [0.2, 0.25) is 0 Å². The van der Waals surface area contributed by atoms with Crippen LogP contribution < -0.4 is 5.32 Å². The minimum Gasteiger partial charge on any atom is -0.316 e. The molecule has 5 nitrogen and oxygen atoms in total. The molecule has 3 rings (SSSR count). The van der Waals surface area contributed by atoms with E-state index in [2.05, 4.69) is 10.3 Å².